The number of benzene rings is 4. The molecule has 7 heteroatoms. The van der Waals surface area contributed by atoms with Gasteiger partial charge in [-0.1, -0.05) is 60.7 Å². The lowest BCUT2D eigenvalue weighted by Crippen LogP contribution is -2.51. The highest BCUT2D eigenvalue weighted by Gasteiger charge is 2.37. The summed E-state index contributed by atoms with van der Waals surface area (Å²) in [5, 5.41) is 13.3. The average Bonchev–Trinajstić information content (AvgIpc) is 3.00. The van der Waals surface area contributed by atoms with Gasteiger partial charge in [-0.15, -0.1) is 0 Å². The number of nitrogens with one attached hydrogen (secondary N) is 3. The fourth-order valence-corrected chi connectivity index (χ4v) is 6.03. The standard InChI is InChI=1S/C34H34N4O3/c1-40-31-20-26-13-17-37-34(28(26)21-32(31)41-2,22-23-11-12-24-7-3-4-8-25(24)19-23)15-18-36-33(39)38-30-14-16-35-29-10-6-5-9-27(29)30/h3-12,14,16,19-21,37H,13,15,17-18,22H2,1-2H3,(H2,35,36,38,39). The highest BCUT2D eigenvalue weighted by molar-refractivity contribution is 6.00. The van der Waals surface area contributed by atoms with Gasteiger partial charge in [0.1, 0.15) is 0 Å². The van der Waals surface area contributed by atoms with Crippen molar-refractivity contribution in [3.05, 3.63) is 108 Å². The number of hydrogen-bond acceptors (Lipinski definition) is 5. The Morgan fingerprint density at radius 2 is 1.71 bits per heavy atom. The molecule has 0 radical (unpaired) electrons. The number of hydrogen-bond donors (Lipinski definition) is 3. The number of carbonyl (C=O) groups excluding carboxylic acids is 1. The van der Waals surface area contributed by atoms with Crippen LogP contribution in [0, 0.1) is 0 Å². The Hall–Kier alpha value is -4.62. The summed E-state index contributed by atoms with van der Waals surface area (Å²) in [4.78, 5) is 17.4. The second kappa shape index (κ2) is 11.5. The molecule has 1 aliphatic rings. The van der Waals surface area contributed by atoms with Crippen LogP contribution in [0.25, 0.3) is 21.7 Å². The first-order valence-electron chi connectivity index (χ1n) is 14.0. The molecule has 0 saturated carbocycles. The number of amides is 2. The summed E-state index contributed by atoms with van der Waals surface area (Å²) in [5.41, 5.74) is 4.80. The molecule has 6 rings (SSSR count). The van der Waals surface area contributed by atoms with Crippen LogP contribution >= 0.6 is 0 Å². The number of urea groups is 1. The van der Waals surface area contributed by atoms with Crippen molar-refractivity contribution in [2.45, 2.75) is 24.8 Å². The van der Waals surface area contributed by atoms with E-state index in [9.17, 15) is 4.79 Å². The van der Waals surface area contributed by atoms with E-state index in [0.717, 1.165) is 41.7 Å². The molecular weight excluding hydrogens is 512 g/mol. The van der Waals surface area contributed by atoms with E-state index >= 15 is 0 Å². The molecule has 208 valence electrons. The van der Waals surface area contributed by atoms with Crippen molar-refractivity contribution < 1.29 is 14.3 Å². The van der Waals surface area contributed by atoms with Crippen LogP contribution in [0.15, 0.2) is 91.1 Å². The van der Waals surface area contributed by atoms with Gasteiger partial charge in [0.25, 0.3) is 0 Å². The number of pyridine rings is 1. The van der Waals surface area contributed by atoms with Crippen LogP contribution in [0.5, 0.6) is 11.5 Å². The molecule has 0 fully saturated rings. The van der Waals surface area contributed by atoms with Crippen LogP contribution in [-0.2, 0) is 18.4 Å². The third-order valence-electron chi connectivity index (χ3n) is 8.04. The highest BCUT2D eigenvalue weighted by Crippen LogP contribution is 2.41. The summed E-state index contributed by atoms with van der Waals surface area (Å²) in [5.74, 6) is 1.43. The Balaban J connectivity index is 1.28. The number of rotatable bonds is 8. The number of carbonyl (C=O) groups is 1. The monoisotopic (exact) mass is 546 g/mol. The molecule has 0 aliphatic carbocycles. The van der Waals surface area contributed by atoms with E-state index in [-0.39, 0.29) is 6.03 Å². The van der Waals surface area contributed by atoms with Crippen molar-refractivity contribution in [1.82, 2.24) is 15.6 Å². The highest BCUT2D eigenvalue weighted by atomic mass is 16.5. The van der Waals surface area contributed by atoms with E-state index in [4.69, 9.17) is 9.47 Å². The first-order valence-corrected chi connectivity index (χ1v) is 14.0. The second-order valence-corrected chi connectivity index (χ2v) is 10.5. The number of aromatic nitrogens is 1. The molecular formula is C34H34N4O3. The van der Waals surface area contributed by atoms with Crippen LogP contribution in [-0.4, -0.2) is 38.3 Å². The van der Waals surface area contributed by atoms with Crippen LogP contribution < -0.4 is 25.4 Å². The lowest BCUT2D eigenvalue weighted by molar-refractivity contribution is 0.246. The number of anilines is 1. The van der Waals surface area contributed by atoms with E-state index in [1.165, 1.54) is 27.5 Å². The maximum atomic E-state index is 13.0. The number of ether oxygens (including phenoxy) is 2. The van der Waals surface area contributed by atoms with E-state index in [2.05, 4.69) is 75.5 Å². The van der Waals surface area contributed by atoms with Crippen molar-refractivity contribution in [2.75, 3.05) is 32.6 Å². The van der Waals surface area contributed by atoms with Gasteiger partial charge in [0.2, 0.25) is 0 Å². The van der Waals surface area contributed by atoms with Crippen molar-refractivity contribution in [3.63, 3.8) is 0 Å². The molecule has 0 spiro atoms. The van der Waals surface area contributed by atoms with Crippen LogP contribution in [0.2, 0.25) is 0 Å². The van der Waals surface area contributed by atoms with Crippen molar-refractivity contribution in [1.29, 1.82) is 0 Å². The first-order chi connectivity index (χ1) is 20.1. The zero-order valence-electron chi connectivity index (χ0n) is 23.4. The summed E-state index contributed by atoms with van der Waals surface area (Å²) in [6.45, 7) is 1.30. The molecule has 41 heavy (non-hydrogen) atoms. The summed E-state index contributed by atoms with van der Waals surface area (Å²) in [7, 11) is 3.34. The Labute approximate surface area is 239 Å². The Morgan fingerprint density at radius 3 is 2.56 bits per heavy atom. The molecule has 1 aromatic heterocycles. The Kier molecular flexibility index (Phi) is 7.44. The molecule has 3 N–H and O–H groups in total. The lowest BCUT2D eigenvalue weighted by atomic mass is 9.75. The van der Waals surface area contributed by atoms with E-state index in [1.54, 1.807) is 20.4 Å². The minimum Gasteiger partial charge on any atom is -0.493 e. The summed E-state index contributed by atoms with van der Waals surface area (Å²) in [6.07, 6.45) is 4.05. The van der Waals surface area contributed by atoms with Gasteiger partial charge in [0.05, 0.1) is 25.4 Å². The zero-order valence-corrected chi connectivity index (χ0v) is 23.4. The zero-order chi connectivity index (χ0) is 28.2. The molecule has 0 bridgehead atoms. The van der Waals surface area contributed by atoms with Gasteiger partial charge < -0.3 is 25.4 Å². The maximum absolute atomic E-state index is 13.0. The van der Waals surface area contributed by atoms with Gasteiger partial charge in [-0.2, -0.15) is 0 Å². The molecule has 5 aromatic rings. The molecule has 1 atom stereocenters. The number of methoxy groups -OCH3 is 2. The number of fused-ring (bicyclic) bond motifs is 3. The predicted octanol–water partition coefficient (Wildman–Crippen LogP) is 6.20. The minimum absolute atomic E-state index is 0.245. The number of para-hydroxylation sites is 1. The topological polar surface area (TPSA) is 84.5 Å². The van der Waals surface area contributed by atoms with Crippen LogP contribution in [0.1, 0.15) is 23.1 Å². The molecule has 7 nitrogen and oxygen atoms in total. The second-order valence-electron chi connectivity index (χ2n) is 10.5. The normalized spacial score (nSPS) is 16.2. The molecule has 2 heterocycles. The predicted molar refractivity (Wildman–Crippen MR) is 164 cm³/mol. The van der Waals surface area contributed by atoms with Gasteiger partial charge in [-0.25, -0.2) is 4.79 Å². The molecule has 2 amide bonds. The van der Waals surface area contributed by atoms with Crippen LogP contribution in [0.4, 0.5) is 10.5 Å². The fourth-order valence-electron chi connectivity index (χ4n) is 6.03. The first kappa shape index (κ1) is 26.6. The third kappa shape index (κ3) is 5.41. The molecule has 1 unspecified atom stereocenters. The average molecular weight is 547 g/mol. The lowest BCUT2D eigenvalue weighted by Gasteiger charge is -2.41. The minimum atomic E-state index is -0.410. The van der Waals surface area contributed by atoms with Gasteiger partial charge in [0, 0.05) is 30.2 Å². The van der Waals surface area contributed by atoms with E-state index in [0.29, 0.717) is 18.7 Å². The quantitative estimate of drug-likeness (QED) is 0.216. The summed E-state index contributed by atoms with van der Waals surface area (Å²) < 4.78 is 11.3. The number of nitrogens with zero attached hydrogens (tertiary/aromatic N) is 1. The van der Waals surface area contributed by atoms with Gasteiger partial charge in [0.15, 0.2) is 11.5 Å². The van der Waals surface area contributed by atoms with Gasteiger partial charge in [-0.05, 0) is 71.0 Å². The maximum Gasteiger partial charge on any atom is 0.319 e. The SMILES string of the molecule is COc1cc2c(cc1OC)C(CCNC(=O)Nc1ccnc3ccccc13)(Cc1ccc3ccccc3c1)NCC2. The van der Waals surface area contributed by atoms with Gasteiger partial charge >= 0.3 is 6.03 Å². The molecule has 0 saturated heterocycles. The smallest absolute Gasteiger partial charge is 0.319 e. The third-order valence-corrected chi connectivity index (χ3v) is 8.04. The summed E-state index contributed by atoms with van der Waals surface area (Å²) >= 11 is 0. The van der Waals surface area contributed by atoms with Crippen LogP contribution in [0.3, 0.4) is 0 Å². The fraction of sp³-hybridized carbons (Fsp3) is 0.235. The molecule has 4 aromatic carbocycles. The van der Waals surface area contributed by atoms with E-state index < -0.39 is 5.54 Å². The van der Waals surface area contributed by atoms with Crippen molar-refractivity contribution in [2.24, 2.45) is 0 Å². The van der Waals surface area contributed by atoms with Gasteiger partial charge in [-0.3, -0.25) is 4.98 Å². The van der Waals surface area contributed by atoms with Crippen molar-refractivity contribution in [3.8, 4) is 11.5 Å². The molecule has 1 aliphatic heterocycles. The van der Waals surface area contributed by atoms with Crippen molar-refractivity contribution >= 4 is 33.4 Å². The Bertz CT molecular complexity index is 1710. The Morgan fingerprint density at radius 1 is 0.927 bits per heavy atom. The summed E-state index contributed by atoms with van der Waals surface area (Å²) in [6, 6.07) is 28.6. The largest absolute Gasteiger partial charge is 0.493 e. The van der Waals surface area contributed by atoms with E-state index in [1.807, 2.05) is 30.3 Å².